The number of aromatic nitrogens is 2. The van der Waals surface area contributed by atoms with E-state index in [1.807, 2.05) is 13.0 Å². The molecular weight excluding hydrogens is 292 g/mol. The lowest BCUT2D eigenvalue weighted by Gasteiger charge is -2.22. The second-order valence-electron chi connectivity index (χ2n) is 4.67. The highest BCUT2D eigenvalue weighted by Gasteiger charge is 2.17. The van der Waals surface area contributed by atoms with Crippen LogP contribution in [0.2, 0.25) is 0 Å². The zero-order valence-corrected chi connectivity index (χ0v) is 12.8. The van der Waals surface area contributed by atoms with Crippen LogP contribution in [0, 0.1) is 0 Å². The highest BCUT2D eigenvalue weighted by Crippen LogP contribution is 2.07. The van der Waals surface area contributed by atoms with E-state index in [2.05, 4.69) is 9.97 Å². The van der Waals surface area contributed by atoms with Crippen LogP contribution in [0.3, 0.4) is 0 Å². The van der Waals surface area contributed by atoms with Gasteiger partial charge in [-0.3, -0.25) is 9.59 Å². The van der Waals surface area contributed by atoms with E-state index < -0.39 is 6.04 Å². The predicted octanol–water partition coefficient (Wildman–Crippen LogP) is 1.04. The minimum Gasteiger partial charge on any atom is -0.334 e. The van der Waals surface area contributed by atoms with Crippen molar-refractivity contribution in [3.8, 4) is 0 Å². The number of nitrogens with two attached hydrogens (primary N) is 1. The highest BCUT2D eigenvalue weighted by atomic mass is 35.5. The third-order valence-electron chi connectivity index (χ3n) is 3.09. The Balaban J connectivity index is 0.00000220. The van der Waals surface area contributed by atoms with E-state index in [-0.39, 0.29) is 30.4 Å². The second-order valence-corrected chi connectivity index (χ2v) is 4.67. The van der Waals surface area contributed by atoms with E-state index in [1.165, 1.54) is 0 Å². The first kappa shape index (κ1) is 17.1. The summed E-state index contributed by atoms with van der Waals surface area (Å²) >= 11 is 0. The van der Waals surface area contributed by atoms with E-state index in [0.29, 0.717) is 23.3 Å². The number of likely N-dealkylation sites (N-methyl/N-ethyl adjacent to an activating group) is 1. The molecule has 7 heteroatoms. The van der Waals surface area contributed by atoms with Gasteiger partial charge in [0.1, 0.15) is 5.82 Å². The molecule has 114 valence electrons. The lowest BCUT2D eigenvalue weighted by molar-refractivity contribution is -0.132. The number of H-pyrrole nitrogens is 1. The molecule has 0 radical (unpaired) electrons. The van der Waals surface area contributed by atoms with E-state index in [9.17, 15) is 9.59 Å². The molecule has 1 atom stereocenters. The van der Waals surface area contributed by atoms with Gasteiger partial charge >= 0.3 is 0 Å². The Hall–Kier alpha value is -1.92. The molecular formula is C14H19ClN4O2. The van der Waals surface area contributed by atoms with Gasteiger partial charge in [-0.15, -0.1) is 12.4 Å². The Bertz CT molecular complexity index is 684. The first-order valence-electron chi connectivity index (χ1n) is 6.55. The molecule has 0 spiro atoms. The van der Waals surface area contributed by atoms with E-state index in [1.54, 1.807) is 30.0 Å². The van der Waals surface area contributed by atoms with Crippen LogP contribution in [0.1, 0.15) is 19.7 Å². The van der Waals surface area contributed by atoms with E-state index >= 15 is 0 Å². The molecule has 0 aliphatic heterocycles. The molecule has 1 amide bonds. The minimum absolute atomic E-state index is 0. The monoisotopic (exact) mass is 310 g/mol. The average molecular weight is 311 g/mol. The zero-order chi connectivity index (χ0) is 14.7. The first-order chi connectivity index (χ1) is 9.52. The lowest BCUT2D eigenvalue weighted by atomic mass is 10.2. The number of para-hydroxylation sites is 1. The molecule has 6 nitrogen and oxygen atoms in total. The molecule has 0 bridgehead atoms. The zero-order valence-electron chi connectivity index (χ0n) is 12.0. The third-order valence-corrected chi connectivity index (χ3v) is 3.09. The maximum Gasteiger partial charge on any atom is 0.258 e. The number of carbonyl (C=O) groups is 1. The Morgan fingerprint density at radius 1 is 1.43 bits per heavy atom. The van der Waals surface area contributed by atoms with Crippen molar-refractivity contribution in [3.05, 3.63) is 40.4 Å². The maximum absolute atomic E-state index is 11.9. The lowest BCUT2D eigenvalue weighted by Crippen LogP contribution is -2.42. The van der Waals surface area contributed by atoms with Gasteiger partial charge in [0.05, 0.1) is 23.5 Å². The van der Waals surface area contributed by atoms with Crippen molar-refractivity contribution in [1.82, 2.24) is 14.9 Å². The Morgan fingerprint density at radius 2 is 2.10 bits per heavy atom. The Morgan fingerprint density at radius 3 is 2.71 bits per heavy atom. The molecule has 0 saturated heterocycles. The summed E-state index contributed by atoms with van der Waals surface area (Å²) in [5, 5.41) is 0.540. The van der Waals surface area contributed by atoms with Crippen molar-refractivity contribution in [2.24, 2.45) is 5.73 Å². The van der Waals surface area contributed by atoms with Gasteiger partial charge in [0.15, 0.2) is 0 Å². The maximum atomic E-state index is 11.9. The summed E-state index contributed by atoms with van der Waals surface area (Å²) in [6.45, 7) is 4.26. The summed E-state index contributed by atoms with van der Waals surface area (Å²) in [6.07, 6.45) is 0. The van der Waals surface area contributed by atoms with Crippen LogP contribution in [-0.4, -0.2) is 33.4 Å². The van der Waals surface area contributed by atoms with Crippen LogP contribution in [0.25, 0.3) is 10.9 Å². The molecule has 0 fully saturated rings. The number of hydrogen-bond acceptors (Lipinski definition) is 4. The summed E-state index contributed by atoms with van der Waals surface area (Å²) in [4.78, 5) is 32.5. The summed E-state index contributed by atoms with van der Waals surface area (Å²) in [5.41, 5.74) is 6.02. The number of rotatable bonds is 4. The van der Waals surface area contributed by atoms with Gasteiger partial charge < -0.3 is 15.6 Å². The van der Waals surface area contributed by atoms with Gasteiger partial charge in [-0.2, -0.15) is 0 Å². The summed E-state index contributed by atoms with van der Waals surface area (Å²) in [5.74, 6) is 0.299. The van der Waals surface area contributed by atoms with Crippen LogP contribution in [-0.2, 0) is 11.3 Å². The quantitative estimate of drug-likeness (QED) is 0.882. The van der Waals surface area contributed by atoms with E-state index in [0.717, 1.165) is 0 Å². The second kappa shape index (κ2) is 7.19. The molecule has 2 aromatic rings. The molecule has 1 aromatic carbocycles. The van der Waals surface area contributed by atoms with Gasteiger partial charge in [-0.1, -0.05) is 12.1 Å². The molecule has 1 aromatic heterocycles. The van der Waals surface area contributed by atoms with Crippen LogP contribution in [0.15, 0.2) is 29.1 Å². The fraction of sp³-hybridized carbons (Fsp3) is 0.357. The first-order valence-corrected chi connectivity index (χ1v) is 6.55. The molecule has 0 saturated carbocycles. The van der Waals surface area contributed by atoms with Crippen LogP contribution >= 0.6 is 12.4 Å². The van der Waals surface area contributed by atoms with Crippen molar-refractivity contribution in [3.63, 3.8) is 0 Å². The molecule has 21 heavy (non-hydrogen) atoms. The summed E-state index contributed by atoms with van der Waals surface area (Å²) < 4.78 is 0. The summed E-state index contributed by atoms with van der Waals surface area (Å²) in [7, 11) is 0. The smallest absolute Gasteiger partial charge is 0.258 e. The topological polar surface area (TPSA) is 92.1 Å². The van der Waals surface area contributed by atoms with E-state index in [4.69, 9.17) is 5.73 Å². The molecule has 1 heterocycles. The average Bonchev–Trinajstić information content (AvgIpc) is 2.44. The molecule has 2 rings (SSSR count). The molecule has 0 unspecified atom stereocenters. The SMILES string of the molecule is CCN(Cc1nc2ccccc2c(=O)[nH]1)C(=O)[C@H](C)N.Cl. The fourth-order valence-electron chi connectivity index (χ4n) is 2.02. The van der Waals surface area contributed by atoms with Crippen LogP contribution in [0.5, 0.6) is 0 Å². The number of nitrogens with zero attached hydrogens (tertiary/aromatic N) is 2. The number of aromatic amines is 1. The Labute approximate surface area is 128 Å². The molecule has 0 aliphatic rings. The Kier molecular flexibility index (Phi) is 5.87. The fourth-order valence-corrected chi connectivity index (χ4v) is 2.02. The van der Waals surface area contributed by atoms with Crippen molar-refractivity contribution in [2.75, 3.05) is 6.54 Å². The van der Waals surface area contributed by atoms with Gasteiger partial charge in [0.2, 0.25) is 5.91 Å². The summed E-state index contributed by atoms with van der Waals surface area (Å²) in [6, 6.07) is 6.54. The highest BCUT2D eigenvalue weighted by molar-refractivity contribution is 5.85. The van der Waals surface area contributed by atoms with Gasteiger partial charge in [0, 0.05) is 6.54 Å². The van der Waals surface area contributed by atoms with Crippen molar-refractivity contribution in [1.29, 1.82) is 0 Å². The van der Waals surface area contributed by atoms with Gasteiger partial charge in [-0.25, -0.2) is 4.98 Å². The minimum atomic E-state index is -0.567. The normalized spacial score (nSPS) is 11.8. The molecule has 0 aliphatic carbocycles. The standard InChI is InChI=1S/C14H18N4O2.ClH/c1-3-18(14(20)9(2)15)8-12-16-11-7-5-4-6-10(11)13(19)17-12;/h4-7,9H,3,8,15H2,1-2H3,(H,16,17,19);1H/t9-;/m0./s1. The third kappa shape index (κ3) is 3.80. The van der Waals surface area contributed by atoms with Gasteiger partial charge in [-0.05, 0) is 26.0 Å². The number of fused-ring (bicyclic) bond motifs is 1. The van der Waals surface area contributed by atoms with Crippen molar-refractivity contribution >= 4 is 29.2 Å². The van der Waals surface area contributed by atoms with Crippen LogP contribution < -0.4 is 11.3 Å². The number of nitrogens with one attached hydrogen (secondary N) is 1. The number of halogens is 1. The van der Waals surface area contributed by atoms with Crippen molar-refractivity contribution < 1.29 is 4.79 Å². The van der Waals surface area contributed by atoms with Crippen LogP contribution in [0.4, 0.5) is 0 Å². The molecule has 3 N–H and O–H groups in total. The van der Waals surface area contributed by atoms with Gasteiger partial charge in [0.25, 0.3) is 5.56 Å². The van der Waals surface area contributed by atoms with Crippen molar-refractivity contribution in [2.45, 2.75) is 26.4 Å². The largest absolute Gasteiger partial charge is 0.334 e. The number of hydrogen-bond donors (Lipinski definition) is 2. The number of benzene rings is 1. The number of amides is 1. The number of carbonyl (C=O) groups excluding carboxylic acids is 1. The predicted molar refractivity (Wildman–Crippen MR) is 84.4 cm³/mol.